The summed E-state index contributed by atoms with van der Waals surface area (Å²) in [6.07, 6.45) is 15.1. The molecule has 0 N–H and O–H groups in total. The highest BCUT2D eigenvalue weighted by Gasteiger charge is 2.66. The minimum absolute atomic E-state index is 0.00378. The molecular weight excluding hydrogens is 402 g/mol. The topological polar surface area (TPSA) is 12.5 Å². The van der Waals surface area contributed by atoms with Crippen molar-refractivity contribution in [1.82, 2.24) is 4.90 Å². The zero-order valence-electron chi connectivity index (χ0n) is 20.4. The van der Waals surface area contributed by atoms with Crippen LogP contribution in [0.15, 0.2) is 65.8 Å². The summed E-state index contributed by atoms with van der Waals surface area (Å²) in [4.78, 5) is 2.43. The van der Waals surface area contributed by atoms with Gasteiger partial charge in [-0.15, -0.1) is 0 Å². The van der Waals surface area contributed by atoms with Gasteiger partial charge in [0.25, 0.3) is 0 Å². The molecule has 172 valence electrons. The van der Waals surface area contributed by atoms with Crippen LogP contribution in [0.4, 0.5) is 0 Å². The molecule has 5 aliphatic rings. The van der Waals surface area contributed by atoms with Crippen molar-refractivity contribution in [3.05, 3.63) is 71.3 Å². The van der Waals surface area contributed by atoms with Gasteiger partial charge in [-0.1, -0.05) is 61.5 Å². The van der Waals surface area contributed by atoms with Crippen LogP contribution >= 0.6 is 0 Å². The Kier molecular flexibility index (Phi) is 4.24. The first-order valence-electron chi connectivity index (χ1n) is 13.2. The summed E-state index contributed by atoms with van der Waals surface area (Å²) in [5.41, 5.74) is 4.92. The third-order valence-corrected chi connectivity index (χ3v) is 10.6. The molecule has 0 radical (unpaired) electrons. The van der Waals surface area contributed by atoms with Gasteiger partial charge in [-0.25, -0.2) is 0 Å². The second kappa shape index (κ2) is 6.83. The molecule has 2 aromatic rings. The molecule has 7 rings (SSSR count). The fourth-order valence-electron chi connectivity index (χ4n) is 8.80. The highest BCUT2D eigenvalue weighted by atomic mass is 16.5. The predicted octanol–water partition coefficient (Wildman–Crippen LogP) is 7.01. The molecule has 1 saturated heterocycles. The Morgan fingerprint density at radius 1 is 0.970 bits per heavy atom. The number of nitrogens with zero attached hydrogens (tertiary/aromatic N) is 1. The van der Waals surface area contributed by atoms with Gasteiger partial charge >= 0.3 is 0 Å². The van der Waals surface area contributed by atoms with Crippen LogP contribution in [0.5, 0.6) is 0 Å². The first-order chi connectivity index (χ1) is 15.9. The third kappa shape index (κ3) is 2.68. The fourth-order valence-corrected chi connectivity index (χ4v) is 8.80. The Balaban J connectivity index is 1.28. The van der Waals surface area contributed by atoms with E-state index in [0.717, 1.165) is 0 Å². The summed E-state index contributed by atoms with van der Waals surface area (Å²) in [5.74, 6) is 1.24. The Labute approximate surface area is 198 Å². The van der Waals surface area contributed by atoms with Gasteiger partial charge in [0.1, 0.15) is 0 Å². The summed E-state index contributed by atoms with van der Waals surface area (Å²) < 4.78 is 7.43. The molecule has 0 unspecified atom stereocenters. The lowest BCUT2D eigenvalue weighted by Crippen LogP contribution is -2.55. The molecule has 0 aromatic heterocycles. The van der Waals surface area contributed by atoms with Gasteiger partial charge in [0, 0.05) is 6.04 Å². The maximum atomic E-state index is 7.43. The molecule has 3 fully saturated rings. The molecular formula is C31H37NO. The number of fused-ring (bicyclic) bond motifs is 2. The lowest BCUT2D eigenvalue weighted by atomic mass is 9.58. The Morgan fingerprint density at radius 2 is 1.82 bits per heavy atom. The van der Waals surface area contributed by atoms with Gasteiger partial charge in [-0.2, -0.15) is 0 Å². The van der Waals surface area contributed by atoms with Crippen LogP contribution in [0, 0.1) is 11.3 Å². The first kappa shape index (κ1) is 20.5. The van der Waals surface area contributed by atoms with Gasteiger partial charge < -0.3 is 9.64 Å². The van der Waals surface area contributed by atoms with E-state index in [4.69, 9.17) is 4.74 Å². The molecule has 6 atom stereocenters. The van der Waals surface area contributed by atoms with E-state index in [9.17, 15) is 0 Å². The standard InChI is InChI=1S/C31H37NO/c1-29-15-14-25-19-24-10-11-26(32(2)3)20-30(24)16-17-31(25,33-30)28(29)13-12-27(29)23-9-8-21-6-4-5-7-22(21)18-23/h4-9,14,18-19,26-28H,10-13,15-17,20H2,1-3H3/t26-,27+,28+,29+,30+,31+/m0/s1. The number of benzene rings is 2. The summed E-state index contributed by atoms with van der Waals surface area (Å²) in [6, 6.07) is 16.7. The van der Waals surface area contributed by atoms with E-state index in [1.165, 1.54) is 73.3 Å². The highest BCUT2D eigenvalue weighted by molar-refractivity contribution is 5.83. The molecule has 2 nitrogen and oxygen atoms in total. The second-order valence-electron chi connectivity index (χ2n) is 12.2. The summed E-state index contributed by atoms with van der Waals surface area (Å²) in [6.45, 7) is 2.59. The SMILES string of the molecule is CN(C)[C@H]1CCC2=CC3=CC[C@]4(C)[C@@H](c5ccc6ccccc6c5)CC[C@H]4[C@@]34CC[C@]2(C1)O4. The van der Waals surface area contributed by atoms with Crippen LogP contribution in [0.1, 0.15) is 69.8 Å². The molecule has 3 aliphatic carbocycles. The monoisotopic (exact) mass is 439 g/mol. The number of hydrogen-bond acceptors (Lipinski definition) is 2. The van der Waals surface area contributed by atoms with E-state index in [1.807, 2.05) is 0 Å². The lowest BCUT2D eigenvalue weighted by molar-refractivity contribution is -0.139. The zero-order valence-corrected chi connectivity index (χ0v) is 20.4. The average molecular weight is 440 g/mol. The molecule has 2 saturated carbocycles. The minimum Gasteiger partial charge on any atom is -0.359 e. The van der Waals surface area contributed by atoms with Crippen LogP contribution in [0.25, 0.3) is 10.8 Å². The normalized spacial score (nSPS) is 41.4. The van der Waals surface area contributed by atoms with E-state index in [0.29, 0.717) is 17.9 Å². The minimum atomic E-state index is -0.0453. The van der Waals surface area contributed by atoms with Crippen molar-refractivity contribution in [3.63, 3.8) is 0 Å². The maximum Gasteiger partial charge on any atom is 0.0974 e. The van der Waals surface area contributed by atoms with Crippen LogP contribution in [0.2, 0.25) is 0 Å². The molecule has 33 heavy (non-hydrogen) atoms. The molecule has 2 heteroatoms. The molecule has 2 heterocycles. The maximum absolute atomic E-state index is 7.43. The quantitative estimate of drug-likeness (QED) is 0.499. The van der Waals surface area contributed by atoms with E-state index >= 15 is 0 Å². The smallest absolute Gasteiger partial charge is 0.0974 e. The number of ether oxygens (including phenoxy) is 1. The third-order valence-electron chi connectivity index (χ3n) is 10.6. The van der Waals surface area contributed by atoms with Crippen molar-refractivity contribution in [1.29, 1.82) is 0 Å². The second-order valence-corrected chi connectivity index (χ2v) is 12.2. The van der Waals surface area contributed by atoms with Gasteiger partial charge in [0.15, 0.2) is 0 Å². The summed E-state index contributed by atoms with van der Waals surface area (Å²) in [7, 11) is 4.50. The fraction of sp³-hybridized carbons (Fsp3) is 0.548. The van der Waals surface area contributed by atoms with Gasteiger partial charge in [0.05, 0.1) is 11.2 Å². The molecule has 2 aliphatic heterocycles. The van der Waals surface area contributed by atoms with Crippen LogP contribution in [-0.2, 0) is 4.74 Å². The van der Waals surface area contributed by atoms with E-state index in [1.54, 1.807) is 5.57 Å². The number of rotatable bonds is 2. The predicted molar refractivity (Wildman–Crippen MR) is 135 cm³/mol. The van der Waals surface area contributed by atoms with Crippen LogP contribution in [0.3, 0.4) is 0 Å². The van der Waals surface area contributed by atoms with Crippen molar-refractivity contribution < 1.29 is 4.74 Å². The first-order valence-corrected chi connectivity index (χ1v) is 13.2. The lowest BCUT2D eigenvalue weighted by Gasteiger charge is -2.54. The van der Waals surface area contributed by atoms with E-state index < -0.39 is 0 Å². The van der Waals surface area contributed by atoms with Crippen LogP contribution in [-0.4, -0.2) is 36.2 Å². The highest BCUT2D eigenvalue weighted by Crippen LogP contribution is 2.69. The van der Waals surface area contributed by atoms with Crippen molar-refractivity contribution in [3.8, 4) is 0 Å². The number of hydrogen-bond donors (Lipinski definition) is 0. The Bertz CT molecular complexity index is 1190. The Hall–Kier alpha value is -1.90. The van der Waals surface area contributed by atoms with Crippen molar-refractivity contribution >= 4 is 10.8 Å². The van der Waals surface area contributed by atoms with Gasteiger partial charge in [-0.3, -0.25) is 0 Å². The summed E-state index contributed by atoms with van der Waals surface area (Å²) >= 11 is 0. The largest absolute Gasteiger partial charge is 0.359 e. The van der Waals surface area contributed by atoms with E-state index in [2.05, 4.69) is 80.5 Å². The van der Waals surface area contributed by atoms with Crippen molar-refractivity contribution in [2.24, 2.45) is 11.3 Å². The van der Waals surface area contributed by atoms with E-state index in [-0.39, 0.29) is 16.6 Å². The van der Waals surface area contributed by atoms with Gasteiger partial charge in [-0.05, 0) is 110 Å². The zero-order chi connectivity index (χ0) is 22.4. The van der Waals surface area contributed by atoms with Crippen molar-refractivity contribution in [2.75, 3.05) is 14.1 Å². The summed E-state index contributed by atoms with van der Waals surface area (Å²) in [5, 5.41) is 2.73. The Morgan fingerprint density at radius 3 is 2.67 bits per heavy atom. The average Bonchev–Trinajstić information content (AvgIpc) is 3.33. The van der Waals surface area contributed by atoms with Gasteiger partial charge in [0.2, 0.25) is 0 Å². The molecule has 0 amide bonds. The van der Waals surface area contributed by atoms with Crippen molar-refractivity contribution in [2.45, 2.75) is 81.5 Å². The molecule has 2 aromatic carbocycles. The number of allylic oxidation sites excluding steroid dienone is 1. The molecule has 2 spiro atoms. The molecule has 2 bridgehead atoms. The van der Waals surface area contributed by atoms with Crippen LogP contribution < -0.4 is 0 Å².